The number of unbranched alkanes of at least 4 members (excludes halogenated alkanes) is 2. The van der Waals surface area contributed by atoms with E-state index in [1.165, 1.54) is 18.2 Å². The first kappa shape index (κ1) is 41.9. The minimum Gasteiger partial charge on any atom is -0.484 e. The summed E-state index contributed by atoms with van der Waals surface area (Å²) in [6.07, 6.45) is 9.35. The molecule has 6 heterocycles. The molecule has 19 nitrogen and oxygen atoms in total. The van der Waals surface area contributed by atoms with Gasteiger partial charge in [0.1, 0.15) is 29.3 Å². The molecule has 0 bridgehead atoms. The van der Waals surface area contributed by atoms with Gasteiger partial charge in [-0.2, -0.15) is 0 Å². The smallest absolute Gasteiger partial charge is 0.270 e. The first-order valence-corrected chi connectivity index (χ1v) is 21.2. The number of carbonyl (C=O) groups excluding carboxylic acids is 7. The van der Waals surface area contributed by atoms with Gasteiger partial charge < -0.3 is 30.2 Å². The summed E-state index contributed by atoms with van der Waals surface area (Å²) in [5.41, 5.74) is 2.88. The van der Waals surface area contributed by atoms with Crippen LogP contribution in [-0.4, -0.2) is 121 Å². The van der Waals surface area contributed by atoms with Gasteiger partial charge in [0.15, 0.2) is 18.1 Å². The molecule has 7 amide bonds. The van der Waals surface area contributed by atoms with Crippen LogP contribution in [0, 0.1) is 12.8 Å². The molecule has 19 heteroatoms. The molecule has 4 aromatic rings. The van der Waals surface area contributed by atoms with Gasteiger partial charge in [0, 0.05) is 56.8 Å². The van der Waals surface area contributed by atoms with Crippen LogP contribution < -0.4 is 26.0 Å². The summed E-state index contributed by atoms with van der Waals surface area (Å²) in [6.45, 7) is 4.08. The summed E-state index contributed by atoms with van der Waals surface area (Å²) >= 11 is 0. The number of carbonyl (C=O) groups is 7. The fraction of sp³-hybridized carbons (Fsp3) is 0.465. The van der Waals surface area contributed by atoms with Crippen LogP contribution in [0.3, 0.4) is 0 Å². The summed E-state index contributed by atoms with van der Waals surface area (Å²) < 4.78 is 7.64. The van der Waals surface area contributed by atoms with Crippen molar-refractivity contribution in [2.24, 2.45) is 5.92 Å². The first-order valence-electron chi connectivity index (χ1n) is 21.2. The van der Waals surface area contributed by atoms with Crippen molar-refractivity contribution in [2.75, 3.05) is 38.1 Å². The molecular formula is C43H49N11O8. The van der Waals surface area contributed by atoms with Crippen molar-refractivity contribution in [2.45, 2.75) is 89.3 Å². The van der Waals surface area contributed by atoms with Gasteiger partial charge in [0.25, 0.3) is 23.6 Å². The summed E-state index contributed by atoms with van der Waals surface area (Å²) in [7, 11) is 0. The van der Waals surface area contributed by atoms with E-state index in [0.29, 0.717) is 68.4 Å². The van der Waals surface area contributed by atoms with Crippen molar-refractivity contribution in [3.05, 3.63) is 71.6 Å². The number of imidazole rings is 1. The molecule has 2 saturated heterocycles. The monoisotopic (exact) mass is 847 g/mol. The van der Waals surface area contributed by atoms with Crippen LogP contribution in [-0.2, 0) is 19.2 Å². The van der Waals surface area contributed by atoms with E-state index in [4.69, 9.17) is 4.74 Å². The number of piperidine rings is 2. The van der Waals surface area contributed by atoms with Crippen LogP contribution in [0.1, 0.15) is 107 Å². The maximum Gasteiger partial charge on any atom is 0.270 e. The van der Waals surface area contributed by atoms with Crippen LogP contribution >= 0.6 is 0 Å². The van der Waals surface area contributed by atoms with Gasteiger partial charge in [-0.3, -0.25) is 43.8 Å². The third-order valence-corrected chi connectivity index (χ3v) is 12.0. The molecule has 1 saturated carbocycles. The van der Waals surface area contributed by atoms with Gasteiger partial charge in [-0.05, 0) is 88.1 Å². The molecular weight excluding hydrogens is 799 g/mol. The second-order valence-electron chi connectivity index (χ2n) is 16.3. The normalized spacial score (nSPS) is 20.1. The number of likely N-dealkylation sites (tertiary alicyclic amines) is 1. The largest absolute Gasteiger partial charge is 0.484 e. The Hall–Kier alpha value is -6.79. The van der Waals surface area contributed by atoms with Crippen LogP contribution in [0.4, 0.5) is 5.82 Å². The van der Waals surface area contributed by atoms with Gasteiger partial charge in [-0.15, -0.1) is 0 Å². The van der Waals surface area contributed by atoms with E-state index >= 15 is 0 Å². The minimum absolute atomic E-state index is 0.0268. The summed E-state index contributed by atoms with van der Waals surface area (Å²) in [5, 5.41) is 11.5. The summed E-state index contributed by atoms with van der Waals surface area (Å²) in [5.74, 6) is -1.51. The Labute approximate surface area is 356 Å². The molecule has 324 valence electrons. The summed E-state index contributed by atoms with van der Waals surface area (Å²) in [4.78, 5) is 109. The van der Waals surface area contributed by atoms with Gasteiger partial charge in [-0.1, -0.05) is 12.5 Å². The van der Waals surface area contributed by atoms with Gasteiger partial charge >= 0.3 is 0 Å². The number of aryl methyl sites for hydroxylation is 1. The first-order chi connectivity index (χ1) is 30.0. The summed E-state index contributed by atoms with van der Waals surface area (Å²) in [6, 6.07) is 8.86. The fourth-order valence-corrected chi connectivity index (χ4v) is 8.44. The SMILES string of the molecule is Cc1cccc(C(=O)NC2CC(n3cnc4c(NCC5CCN(C(=O)CCCCCNC(=O)COc6ccc7c(c6)C(=O)N([C@@H]6CCC(=O)NC6=O)C7=O)CC5)ncnc43)C2)n1. The molecule has 4 N–H and O–H groups in total. The Morgan fingerprint density at radius 3 is 2.52 bits per heavy atom. The maximum atomic E-state index is 13.0. The number of benzene rings is 1. The molecule has 3 aliphatic heterocycles. The van der Waals surface area contributed by atoms with E-state index in [0.717, 1.165) is 48.3 Å². The molecule has 0 spiro atoms. The van der Waals surface area contributed by atoms with Gasteiger partial charge in [0.05, 0.1) is 17.5 Å². The van der Waals surface area contributed by atoms with Crippen molar-refractivity contribution in [1.82, 2.24) is 50.3 Å². The van der Waals surface area contributed by atoms with Crippen LogP contribution in [0.15, 0.2) is 49.1 Å². The molecule has 8 rings (SSSR count). The maximum absolute atomic E-state index is 13.0. The zero-order chi connectivity index (χ0) is 43.3. The lowest BCUT2D eigenvalue weighted by Crippen LogP contribution is -2.54. The van der Waals surface area contributed by atoms with E-state index in [1.54, 1.807) is 18.7 Å². The van der Waals surface area contributed by atoms with E-state index < -0.39 is 29.7 Å². The predicted octanol–water partition coefficient (Wildman–Crippen LogP) is 2.47. The van der Waals surface area contributed by atoms with Crippen LogP contribution in [0.5, 0.6) is 5.75 Å². The predicted molar refractivity (Wildman–Crippen MR) is 222 cm³/mol. The molecule has 0 unspecified atom stereocenters. The minimum atomic E-state index is -1.07. The molecule has 0 radical (unpaired) electrons. The average molecular weight is 848 g/mol. The number of hydrogen-bond acceptors (Lipinski definition) is 13. The second kappa shape index (κ2) is 18.4. The molecule has 3 aromatic heterocycles. The second-order valence-corrected chi connectivity index (χ2v) is 16.3. The average Bonchev–Trinajstić information content (AvgIpc) is 3.79. The number of amides is 7. The molecule has 1 atom stereocenters. The van der Waals surface area contributed by atoms with Gasteiger partial charge in [0.2, 0.25) is 17.7 Å². The van der Waals surface area contributed by atoms with E-state index in [2.05, 4.69) is 45.8 Å². The number of pyridine rings is 1. The topological polar surface area (TPSA) is 240 Å². The Morgan fingerprint density at radius 2 is 1.73 bits per heavy atom. The van der Waals surface area contributed by atoms with E-state index in [9.17, 15) is 33.6 Å². The number of fused-ring (bicyclic) bond motifs is 2. The van der Waals surface area contributed by atoms with E-state index in [-0.39, 0.29) is 66.1 Å². The highest BCUT2D eigenvalue weighted by molar-refractivity contribution is 6.23. The number of anilines is 1. The standard InChI is InChI=1S/C43H49N11O8/c1-25-6-5-7-32(49-25)40(58)50-27-18-28(19-27)53-24-48-37-38(46-23-47-39(37)53)45-21-26-13-16-52(17-14-26)36(57)8-3-2-4-15-44-35(56)22-62-29-9-10-30-31(20-29)43(61)54(42(30)60)33-11-12-34(55)51-41(33)59/h5-7,9-10,20,23-24,26-28,33H,2-4,8,11-19,21-22H2,1H3,(H,44,56)(H,50,58)(H,45,46,47)(H,51,55,59)/t27?,28?,33-/m1/s1. The highest BCUT2D eigenvalue weighted by Crippen LogP contribution is 2.35. The van der Waals surface area contributed by atoms with Crippen LogP contribution in [0.25, 0.3) is 11.2 Å². The van der Waals surface area contributed by atoms with Crippen molar-refractivity contribution < 1.29 is 38.3 Å². The number of ether oxygens (including phenoxy) is 1. The Bertz CT molecular complexity index is 2410. The lowest BCUT2D eigenvalue weighted by molar-refractivity contribution is -0.136. The third-order valence-electron chi connectivity index (χ3n) is 12.0. The zero-order valence-electron chi connectivity index (χ0n) is 34.4. The lowest BCUT2D eigenvalue weighted by atomic mass is 9.86. The molecule has 4 aliphatic rings. The molecule has 1 aromatic carbocycles. The number of nitrogens with zero attached hydrogens (tertiary/aromatic N) is 7. The molecule has 3 fully saturated rings. The quantitative estimate of drug-likeness (QED) is 0.0938. The number of nitrogens with one attached hydrogen (secondary N) is 4. The fourth-order valence-electron chi connectivity index (χ4n) is 8.44. The zero-order valence-corrected chi connectivity index (χ0v) is 34.4. The number of imide groups is 2. The van der Waals surface area contributed by atoms with Crippen molar-refractivity contribution in [3.63, 3.8) is 0 Å². The molecule has 62 heavy (non-hydrogen) atoms. The third kappa shape index (κ3) is 9.25. The van der Waals surface area contributed by atoms with E-state index in [1.807, 2.05) is 24.0 Å². The number of aromatic nitrogens is 5. The Morgan fingerprint density at radius 1 is 0.919 bits per heavy atom. The van der Waals surface area contributed by atoms with Crippen molar-refractivity contribution in [1.29, 1.82) is 0 Å². The van der Waals surface area contributed by atoms with Gasteiger partial charge in [-0.25, -0.2) is 19.9 Å². The Kier molecular flexibility index (Phi) is 12.5. The van der Waals surface area contributed by atoms with Crippen molar-refractivity contribution >= 4 is 58.3 Å². The number of hydrogen-bond donors (Lipinski definition) is 4. The van der Waals surface area contributed by atoms with Crippen LogP contribution in [0.2, 0.25) is 0 Å². The highest BCUT2D eigenvalue weighted by atomic mass is 16.5. The van der Waals surface area contributed by atoms with Crippen molar-refractivity contribution in [3.8, 4) is 5.75 Å². The molecule has 1 aliphatic carbocycles. The number of rotatable bonds is 16. The lowest BCUT2D eigenvalue weighted by Gasteiger charge is -2.36. The Balaban J connectivity index is 0.688. The highest BCUT2D eigenvalue weighted by Gasteiger charge is 2.45.